The summed E-state index contributed by atoms with van der Waals surface area (Å²) < 4.78 is 11.2. The number of hydrogen-bond acceptors (Lipinski definition) is 2. The van der Waals surface area contributed by atoms with E-state index >= 15 is 0 Å². The maximum Gasteiger partial charge on any atom is 0.337 e. The summed E-state index contributed by atoms with van der Waals surface area (Å²) in [7, 11) is 2.84. The highest BCUT2D eigenvalue weighted by Gasteiger charge is 2.33. The minimum Gasteiger partial charge on any atom is -0.398 e. The summed E-state index contributed by atoms with van der Waals surface area (Å²) in [4.78, 5) is 0. The van der Waals surface area contributed by atoms with Crippen LogP contribution in [0.4, 0.5) is 0 Å². The molecule has 2 nitrogen and oxygen atoms in total. The van der Waals surface area contributed by atoms with E-state index in [0.717, 1.165) is 26.3 Å². The highest BCUT2D eigenvalue weighted by Crippen LogP contribution is 2.27. The summed E-state index contributed by atoms with van der Waals surface area (Å²) in [5, 5.41) is 0. The first-order valence-corrected chi connectivity index (χ1v) is 9.26. The lowest BCUT2D eigenvalue weighted by atomic mass is 10.3. The Morgan fingerprint density at radius 2 is 1.79 bits per heavy atom. The lowest BCUT2D eigenvalue weighted by molar-refractivity contribution is 0.241. The Hall–Kier alpha value is 0.567. The molecule has 0 radical (unpaired) electrons. The van der Waals surface area contributed by atoms with Crippen molar-refractivity contribution in [1.29, 1.82) is 0 Å². The van der Waals surface area contributed by atoms with Crippen LogP contribution in [0.1, 0.15) is 26.7 Å². The molecule has 2 atom stereocenters. The van der Waals surface area contributed by atoms with E-state index < -0.39 is 8.56 Å². The van der Waals surface area contributed by atoms with Crippen LogP contribution in [-0.2, 0) is 8.85 Å². The summed E-state index contributed by atoms with van der Waals surface area (Å²) in [6.07, 6.45) is 2.56. The first-order chi connectivity index (χ1) is 6.67. The van der Waals surface area contributed by atoms with Gasteiger partial charge in [-0.1, -0.05) is 13.8 Å². The van der Waals surface area contributed by atoms with Crippen molar-refractivity contribution in [3.05, 3.63) is 0 Å². The molecule has 14 heavy (non-hydrogen) atoms. The molecule has 0 aromatic carbocycles. The van der Waals surface area contributed by atoms with E-state index in [2.05, 4.69) is 20.5 Å². The van der Waals surface area contributed by atoms with Crippen LogP contribution in [-0.4, -0.2) is 35.1 Å². The highest BCUT2D eigenvalue weighted by molar-refractivity contribution is 7.37. The van der Waals surface area contributed by atoms with Gasteiger partial charge in [-0.05, 0) is 37.3 Å². The van der Waals surface area contributed by atoms with Gasteiger partial charge in [0, 0.05) is 14.2 Å². The Labute approximate surface area is 91.8 Å². The second kappa shape index (κ2) is 7.81. The molecule has 0 aliphatic carbocycles. The van der Waals surface area contributed by atoms with Crippen LogP contribution in [0.2, 0.25) is 12.1 Å². The normalized spacial score (nSPS) is 15.2. The maximum absolute atomic E-state index is 5.60. The molecule has 0 saturated heterocycles. The predicted molar refractivity (Wildman–Crippen MR) is 68.0 cm³/mol. The summed E-state index contributed by atoms with van der Waals surface area (Å²) >= 11 is 0. The molecule has 0 amide bonds. The van der Waals surface area contributed by atoms with Crippen LogP contribution in [0, 0.1) is 0 Å². The summed E-state index contributed by atoms with van der Waals surface area (Å²) in [5.41, 5.74) is 0.874. The SMILES string of the molecule is CCC(CC[Si](CC)(OC)OC)PC. The molecule has 4 heteroatoms. The van der Waals surface area contributed by atoms with Crippen molar-refractivity contribution in [2.75, 3.05) is 20.9 Å². The zero-order valence-corrected chi connectivity index (χ0v) is 12.2. The minimum absolute atomic E-state index is 0.874. The van der Waals surface area contributed by atoms with Gasteiger partial charge in [-0.3, -0.25) is 0 Å². The molecule has 0 fully saturated rings. The van der Waals surface area contributed by atoms with Crippen molar-refractivity contribution in [1.82, 2.24) is 0 Å². The van der Waals surface area contributed by atoms with Gasteiger partial charge >= 0.3 is 8.56 Å². The predicted octanol–water partition coefficient (Wildman–Crippen LogP) is 3.22. The van der Waals surface area contributed by atoms with Crippen LogP contribution in [0.3, 0.4) is 0 Å². The van der Waals surface area contributed by atoms with Crippen molar-refractivity contribution >= 4 is 17.1 Å². The van der Waals surface area contributed by atoms with Crippen LogP contribution in [0.5, 0.6) is 0 Å². The average Bonchev–Trinajstić information content (AvgIpc) is 2.26. The molecular weight excluding hydrogens is 211 g/mol. The maximum atomic E-state index is 5.60. The summed E-state index contributed by atoms with van der Waals surface area (Å²) in [6.45, 7) is 6.74. The lowest BCUT2D eigenvalue weighted by Gasteiger charge is -2.27. The molecule has 86 valence electrons. The molecular formula is C10H25O2PSi. The lowest BCUT2D eigenvalue weighted by Crippen LogP contribution is -2.39. The van der Waals surface area contributed by atoms with Crippen molar-refractivity contribution in [2.24, 2.45) is 0 Å². The van der Waals surface area contributed by atoms with Crippen LogP contribution in [0.25, 0.3) is 0 Å². The molecule has 0 aromatic heterocycles. The van der Waals surface area contributed by atoms with Gasteiger partial charge in [-0.15, -0.1) is 8.58 Å². The Morgan fingerprint density at radius 1 is 1.21 bits per heavy atom. The molecule has 2 unspecified atom stereocenters. The fourth-order valence-electron chi connectivity index (χ4n) is 1.70. The molecule has 0 bridgehead atoms. The molecule has 0 aliphatic rings. The Kier molecular flexibility index (Phi) is 8.12. The third-order valence-electron chi connectivity index (χ3n) is 3.06. The molecule has 0 aromatic rings. The van der Waals surface area contributed by atoms with Gasteiger partial charge in [0.05, 0.1) is 0 Å². The van der Waals surface area contributed by atoms with E-state index in [-0.39, 0.29) is 0 Å². The molecule has 0 heterocycles. The number of hydrogen-bond donors (Lipinski definition) is 0. The fraction of sp³-hybridized carbons (Fsp3) is 1.00. The molecule has 0 spiro atoms. The second-order valence-corrected chi connectivity index (χ2v) is 8.84. The molecule has 0 rings (SSSR count). The fourth-order valence-corrected chi connectivity index (χ4v) is 5.12. The van der Waals surface area contributed by atoms with Gasteiger partial charge in [0.2, 0.25) is 0 Å². The van der Waals surface area contributed by atoms with Gasteiger partial charge in [0.15, 0.2) is 0 Å². The van der Waals surface area contributed by atoms with E-state index in [0.29, 0.717) is 0 Å². The van der Waals surface area contributed by atoms with Gasteiger partial charge in [-0.25, -0.2) is 0 Å². The van der Waals surface area contributed by atoms with Gasteiger partial charge in [-0.2, -0.15) is 0 Å². The molecule has 0 N–H and O–H groups in total. The van der Waals surface area contributed by atoms with E-state index in [4.69, 9.17) is 8.85 Å². The first kappa shape index (κ1) is 14.6. The van der Waals surface area contributed by atoms with E-state index in [1.54, 1.807) is 14.2 Å². The standard InChI is InChI=1S/C10H25O2PSi/c1-6-10(13-5)8-9-14(7-2,11-3)12-4/h10,13H,6-9H2,1-5H3. The van der Waals surface area contributed by atoms with Crippen LogP contribution >= 0.6 is 8.58 Å². The largest absolute Gasteiger partial charge is 0.398 e. The van der Waals surface area contributed by atoms with Crippen molar-refractivity contribution in [3.8, 4) is 0 Å². The Bertz CT molecular complexity index is 128. The third kappa shape index (κ3) is 4.39. The van der Waals surface area contributed by atoms with Crippen LogP contribution < -0.4 is 0 Å². The minimum atomic E-state index is -1.81. The van der Waals surface area contributed by atoms with E-state index in [1.807, 2.05) is 0 Å². The van der Waals surface area contributed by atoms with Crippen molar-refractivity contribution < 1.29 is 8.85 Å². The van der Waals surface area contributed by atoms with Crippen LogP contribution in [0.15, 0.2) is 0 Å². The van der Waals surface area contributed by atoms with E-state index in [1.165, 1.54) is 12.8 Å². The van der Waals surface area contributed by atoms with E-state index in [9.17, 15) is 0 Å². The van der Waals surface area contributed by atoms with Gasteiger partial charge in [0.25, 0.3) is 0 Å². The average molecular weight is 236 g/mol. The second-order valence-electron chi connectivity index (χ2n) is 3.61. The topological polar surface area (TPSA) is 18.5 Å². The van der Waals surface area contributed by atoms with Gasteiger partial charge in [0.1, 0.15) is 0 Å². The zero-order valence-electron chi connectivity index (χ0n) is 10.2. The van der Waals surface area contributed by atoms with Gasteiger partial charge < -0.3 is 8.85 Å². The quantitative estimate of drug-likeness (QED) is 0.476. The summed E-state index contributed by atoms with van der Waals surface area (Å²) in [6, 6.07) is 2.21. The molecule has 0 saturated carbocycles. The zero-order chi connectivity index (χ0) is 11.0. The monoisotopic (exact) mass is 236 g/mol. The van der Waals surface area contributed by atoms with Crippen molar-refractivity contribution in [3.63, 3.8) is 0 Å². The van der Waals surface area contributed by atoms with Crippen molar-refractivity contribution in [2.45, 2.75) is 44.4 Å². The first-order valence-electron chi connectivity index (χ1n) is 5.45. The molecule has 0 aliphatic heterocycles. The smallest absolute Gasteiger partial charge is 0.337 e. The Balaban J connectivity index is 4.04. The Morgan fingerprint density at radius 3 is 2.07 bits per heavy atom. The third-order valence-corrected chi connectivity index (χ3v) is 8.19. The summed E-state index contributed by atoms with van der Waals surface area (Å²) in [5.74, 6) is 0. The number of rotatable bonds is 8. The highest BCUT2D eigenvalue weighted by atomic mass is 31.1.